The van der Waals surface area contributed by atoms with Gasteiger partial charge in [-0.25, -0.2) is 0 Å². The lowest BCUT2D eigenvalue weighted by atomic mass is 10.3. The highest BCUT2D eigenvalue weighted by atomic mass is 35.5. The number of nitrogen functional groups attached to an aromatic ring is 1. The minimum absolute atomic E-state index is 0. The van der Waals surface area contributed by atoms with E-state index >= 15 is 0 Å². The van der Waals surface area contributed by atoms with Gasteiger partial charge in [-0.05, 0) is 13.8 Å². The lowest BCUT2D eigenvalue weighted by molar-refractivity contribution is 1.02. The molecule has 60 valence electrons. The second kappa shape index (κ2) is 4.41. The Hall–Kier alpha value is -0.410. The predicted octanol–water partition coefficient (Wildman–Crippen LogP) is 1.45. The number of hydrogen-bond donors (Lipinski definition) is 2. The van der Waals surface area contributed by atoms with E-state index in [-0.39, 0.29) is 24.8 Å². The van der Waals surface area contributed by atoms with Crippen LogP contribution in [-0.2, 0) is 0 Å². The second-order valence-electron chi connectivity index (χ2n) is 1.85. The molecule has 0 aliphatic carbocycles. The Morgan fingerprint density at radius 1 is 1.30 bits per heavy atom. The third-order valence-electron chi connectivity index (χ3n) is 1.19. The highest BCUT2D eigenvalue weighted by Crippen LogP contribution is 2.09. The minimum atomic E-state index is 0. The maximum absolute atomic E-state index is 5.51. The zero-order valence-corrected chi connectivity index (χ0v) is 7.47. The molecular formula is C5H11Cl2N3. The Bertz CT molecular complexity index is 177. The van der Waals surface area contributed by atoms with Gasteiger partial charge in [-0.2, -0.15) is 5.10 Å². The number of nitrogens with two attached hydrogens (primary N) is 1. The summed E-state index contributed by atoms with van der Waals surface area (Å²) in [5, 5.41) is 6.63. The van der Waals surface area contributed by atoms with Gasteiger partial charge >= 0.3 is 0 Å². The van der Waals surface area contributed by atoms with E-state index in [0.29, 0.717) is 0 Å². The number of nitrogens with zero attached hydrogens (tertiary/aromatic N) is 1. The molecule has 0 unspecified atom stereocenters. The molecule has 0 aliphatic heterocycles. The van der Waals surface area contributed by atoms with Crippen molar-refractivity contribution in [1.82, 2.24) is 10.2 Å². The van der Waals surface area contributed by atoms with Crippen LogP contribution in [0, 0.1) is 13.8 Å². The van der Waals surface area contributed by atoms with E-state index in [9.17, 15) is 0 Å². The molecule has 0 saturated heterocycles. The van der Waals surface area contributed by atoms with Crippen molar-refractivity contribution in [1.29, 1.82) is 0 Å². The Morgan fingerprint density at radius 2 is 1.80 bits per heavy atom. The topological polar surface area (TPSA) is 54.7 Å². The number of rotatable bonds is 0. The van der Waals surface area contributed by atoms with Crippen LogP contribution in [-0.4, -0.2) is 10.2 Å². The molecule has 0 amide bonds. The standard InChI is InChI=1S/C5H9N3.2ClH/c1-3-5(6)4(2)8-7-3;;/h6H2,1-2H3,(H,7,8);2*1H. The molecule has 1 aromatic heterocycles. The minimum Gasteiger partial charge on any atom is -0.396 e. The van der Waals surface area contributed by atoms with Crippen molar-refractivity contribution in [3.05, 3.63) is 11.4 Å². The van der Waals surface area contributed by atoms with E-state index in [1.54, 1.807) is 0 Å². The second-order valence-corrected chi connectivity index (χ2v) is 1.85. The number of aromatic nitrogens is 2. The van der Waals surface area contributed by atoms with Gasteiger partial charge in [-0.1, -0.05) is 0 Å². The Morgan fingerprint density at radius 3 is 1.90 bits per heavy atom. The van der Waals surface area contributed by atoms with Crippen LogP contribution in [0.2, 0.25) is 0 Å². The van der Waals surface area contributed by atoms with Gasteiger partial charge in [0.2, 0.25) is 0 Å². The fourth-order valence-corrected chi connectivity index (χ4v) is 0.560. The fourth-order valence-electron chi connectivity index (χ4n) is 0.560. The van der Waals surface area contributed by atoms with Crippen LogP contribution in [0.4, 0.5) is 5.69 Å². The molecular weight excluding hydrogens is 173 g/mol. The van der Waals surface area contributed by atoms with Crippen molar-refractivity contribution in [2.75, 3.05) is 5.73 Å². The summed E-state index contributed by atoms with van der Waals surface area (Å²) < 4.78 is 0. The first-order valence-corrected chi connectivity index (χ1v) is 2.49. The van der Waals surface area contributed by atoms with Crippen molar-refractivity contribution in [3.8, 4) is 0 Å². The third kappa shape index (κ3) is 2.08. The summed E-state index contributed by atoms with van der Waals surface area (Å²) in [5.74, 6) is 0. The molecule has 0 spiro atoms. The molecule has 0 aliphatic rings. The molecule has 1 rings (SSSR count). The number of H-pyrrole nitrogens is 1. The first-order chi connectivity index (χ1) is 3.72. The zero-order chi connectivity index (χ0) is 6.15. The van der Waals surface area contributed by atoms with Gasteiger partial charge in [-0.3, -0.25) is 5.10 Å². The quantitative estimate of drug-likeness (QED) is 0.641. The normalized spacial score (nSPS) is 7.80. The highest BCUT2D eigenvalue weighted by Gasteiger charge is 1.97. The smallest absolute Gasteiger partial charge is 0.0823 e. The van der Waals surface area contributed by atoms with Crippen LogP contribution in [0.5, 0.6) is 0 Å². The number of halogens is 2. The number of aryl methyl sites for hydroxylation is 2. The molecule has 0 radical (unpaired) electrons. The number of aromatic amines is 1. The van der Waals surface area contributed by atoms with Crippen LogP contribution in [0.15, 0.2) is 0 Å². The number of hydrogen-bond acceptors (Lipinski definition) is 2. The van der Waals surface area contributed by atoms with Gasteiger partial charge in [-0.15, -0.1) is 24.8 Å². The number of nitrogens with one attached hydrogen (secondary N) is 1. The van der Waals surface area contributed by atoms with Gasteiger partial charge in [0.25, 0.3) is 0 Å². The van der Waals surface area contributed by atoms with Crippen molar-refractivity contribution in [2.24, 2.45) is 0 Å². The van der Waals surface area contributed by atoms with E-state index < -0.39 is 0 Å². The van der Waals surface area contributed by atoms with Gasteiger partial charge in [0.05, 0.1) is 17.1 Å². The number of anilines is 1. The Balaban J connectivity index is 0. The van der Waals surface area contributed by atoms with Crippen LogP contribution in [0.3, 0.4) is 0 Å². The summed E-state index contributed by atoms with van der Waals surface area (Å²) in [6.07, 6.45) is 0. The Labute approximate surface area is 72.2 Å². The lowest BCUT2D eigenvalue weighted by Gasteiger charge is -1.84. The van der Waals surface area contributed by atoms with Gasteiger partial charge in [0.15, 0.2) is 0 Å². The molecule has 3 nitrogen and oxygen atoms in total. The van der Waals surface area contributed by atoms with Crippen molar-refractivity contribution >= 4 is 30.5 Å². The average molecular weight is 184 g/mol. The first-order valence-electron chi connectivity index (χ1n) is 2.49. The van der Waals surface area contributed by atoms with Crippen molar-refractivity contribution < 1.29 is 0 Å². The zero-order valence-electron chi connectivity index (χ0n) is 5.84. The molecule has 3 N–H and O–H groups in total. The maximum Gasteiger partial charge on any atom is 0.0823 e. The predicted molar refractivity (Wildman–Crippen MR) is 47.0 cm³/mol. The molecule has 1 heterocycles. The van der Waals surface area contributed by atoms with Crippen LogP contribution in [0.1, 0.15) is 11.4 Å². The molecule has 1 aromatic rings. The van der Waals surface area contributed by atoms with E-state index in [1.165, 1.54) is 0 Å². The van der Waals surface area contributed by atoms with Gasteiger partial charge < -0.3 is 5.73 Å². The van der Waals surface area contributed by atoms with E-state index in [0.717, 1.165) is 17.1 Å². The molecule has 0 aromatic carbocycles. The van der Waals surface area contributed by atoms with Crippen LogP contribution in [0.25, 0.3) is 0 Å². The average Bonchev–Trinajstić information content (AvgIpc) is 1.98. The maximum atomic E-state index is 5.51. The molecule has 10 heavy (non-hydrogen) atoms. The molecule has 0 bridgehead atoms. The van der Waals surface area contributed by atoms with Crippen molar-refractivity contribution in [3.63, 3.8) is 0 Å². The molecule has 5 heteroatoms. The molecule has 0 atom stereocenters. The van der Waals surface area contributed by atoms with E-state index in [2.05, 4.69) is 10.2 Å². The summed E-state index contributed by atoms with van der Waals surface area (Å²) in [6.45, 7) is 3.77. The van der Waals surface area contributed by atoms with E-state index in [4.69, 9.17) is 5.73 Å². The first kappa shape index (κ1) is 12.3. The monoisotopic (exact) mass is 183 g/mol. The van der Waals surface area contributed by atoms with Gasteiger partial charge in [0.1, 0.15) is 0 Å². The summed E-state index contributed by atoms with van der Waals surface area (Å²) in [5.41, 5.74) is 8.10. The van der Waals surface area contributed by atoms with Crippen LogP contribution < -0.4 is 5.73 Å². The summed E-state index contributed by atoms with van der Waals surface area (Å²) in [7, 11) is 0. The summed E-state index contributed by atoms with van der Waals surface area (Å²) >= 11 is 0. The Kier molecular flexibility index (Phi) is 5.42. The summed E-state index contributed by atoms with van der Waals surface area (Å²) in [4.78, 5) is 0. The largest absolute Gasteiger partial charge is 0.396 e. The summed E-state index contributed by atoms with van der Waals surface area (Å²) in [6, 6.07) is 0. The highest BCUT2D eigenvalue weighted by molar-refractivity contribution is 5.85. The fraction of sp³-hybridized carbons (Fsp3) is 0.400. The van der Waals surface area contributed by atoms with Crippen LogP contribution >= 0.6 is 24.8 Å². The molecule has 0 saturated carbocycles. The third-order valence-corrected chi connectivity index (χ3v) is 1.19. The lowest BCUT2D eigenvalue weighted by Crippen LogP contribution is -1.86. The molecule has 0 fully saturated rings. The van der Waals surface area contributed by atoms with E-state index in [1.807, 2.05) is 13.8 Å². The van der Waals surface area contributed by atoms with Gasteiger partial charge in [0, 0.05) is 0 Å². The van der Waals surface area contributed by atoms with Crippen molar-refractivity contribution in [2.45, 2.75) is 13.8 Å². The SMILES string of the molecule is Cc1n[nH]c(C)c1N.Cl.Cl.